The SMILES string of the molecule is Nc1cccc(C(=O)Nc2nc(CN3CCOCC3)cs2)c1. The monoisotopic (exact) mass is 318 g/mol. The molecule has 1 aliphatic heterocycles. The zero-order valence-electron chi connectivity index (χ0n) is 12.1. The van der Waals surface area contributed by atoms with Gasteiger partial charge in [-0.05, 0) is 18.2 Å². The molecule has 3 rings (SSSR count). The van der Waals surface area contributed by atoms with Gasteiger partial charge < -0.3 is 10.5 Å². The molecule has 3 N–H and O–H groups in total. The van der Waals surface area contributed by atoms with Gasteiger partial charge in [0.05, 0.1) is 18.9 Å². The van der Waals surface area contributed by atoms with E-state index >= 15 is 0 Å². The Balaban J connectivity index is 1.60. The Morgan fingerprint density at radius 2 is 2.23 bits per heavy atom. The third-order valence-electron chi connectivity index (χ3n) is 3.41. The lowest BCUT2D eigenvalue weighted by Crippen LogP contribution is -2.35. The van der Waals surface area contributed by atoms with E-state index in [1.807, 2.05) is 5.38 Å². The second-order valence-corrected chi connectivity index (χ2v) is 5.97. The summed E-state index contributed by atoms with van der Waals surface area (Å²) in [6.07, 6.45) is 0. The van der Waals surface area contributed by atoms with Crippen LogP contribution in [0.2, 0.25) is 0 Å². The zero-order valence-corrected chi connectivity index (χ0v) is 12.9. The minimum Gasteiger partial charge on any atom is -0.399 e. The van der Waals surface area contributed by atoms with Crippen molar-refractivity contribution in [2.45, 2.75) is 6.54 Å². The highest BCUT2D eigenvalue weighted by Crippen LogP contribution is 2.18. The van der Waals surface area contributed by atoms with Gasteiger partial charge in [-0.15, -0.1) is 11.3 Å². The topological polar surface area (TPSA) is 80.5 Å². The number of nitrogens with one attached hydrogen (secondary N) is 1. The highest BCUT2D eigenvalue weighted by Gasteiger charge is 2.14. The van der Waals surface area contributed by atoms with Gasteiger partial charge in [0.25, 0.3) is 5.91 Å². The molecule has 1 aliphatic rings. The van der Waals surface area contributed by atoms with Gasteiger partial charge in [0, 0.05) is 36.3 Å². The molecule has 0 radical (unpaired) electrons. The van der Waals surface area contributed by atoms with Crippen molar-refractivity contribution < 1.29 is 9.53 Å². The molecule has 6 nitrogen and oxygen atoms in total. The first kappa shape index (κ1) is 15.0. The lowest BCUT2D eigenvalue weighted by molar-refractivity contribution is 0.0337. The quantitative estimate of drug-likeness (QED) is 0.840. The molecule has 116 valence electrons. The molecule has 0 unspecified atom stereocenters. The smallest absolute Gasteiger partial charge is 0.257 e. The van der Waals surface area contributed by atoms with Gasteiger partial charge in [-0.25, -0.2) is 4.98 Å². The summed E-state index contributed by atoms with van der Waals surface area (Å²) in [4.78, 5) is 18.9. The molecule has 2 aromatic rings. The van der Waals surface area contributed by atoms with Crippen molar-refractivity contribution in [2.24, 2.45) is 0 Å². The van der Waals surface area contributed by atoms with Gasteiger partial charge in [-0.2, -0.15) is 0 Å². The number of nitrogen functional groups attached to an aromatic ring is 1. The van der Waals surface area contributed by atoms with E-state index < -0.39 is 0 Å². The van der Waals surface area contributed by atoms with Crippen molar-refractivity contribution in [1.29, 1.82) is 0 Å². The fraction of sp³-hybridized carbons (Fsp3) is 0.333. The lowest BCUT2D eigenvalue weighted by atomic mass is 10.2. The Labute approximate surface area is 132 Å². The maximum Gasteiger partial charge on any atom is 0.257 e. The number of aromatic nitrogens is 1. The van der Waals surface area contributed by atoms with Crippen molar-refractivity contribution in [3.05, 3.63) is 40.9 Å². The van der Waals surface area contributed by atoms with Crippen molar-refractivity contribution in [2.75, 3.05) is 37.4 Å². The second kappa shape index (κ2) is 6.87. The van der Waals surface area contributed by atoms with Crippen LogP contribution in [0.25, 0.3) is 0 Å². The van der Waals surface area contributed by atoms with Crippen LogP contribution in [0.4, 0.5) is 10.8 Å². The van der Waals surface area contributed by atoms with Crippen LogP contribution in [-0.2, 0) is 11.3 Å². The van der Waals surface area contributed by atoms with E-state index in [1.165, 1.54) is 11.3 Å². The second-order valence-electron chi connectivity index (χ2n) is 5.11. The summed E-state index contributed by atoms with van der Waals surface area (Å²) in [6.45, 7) is 4.16. The summed E-state index contributed by atoms with van der Waals surface area (Å²) in [7, 11) is 0. The van der Waals surface area contributed by atoms with Gasteiger partial charge in [0.2, 0.25) is 0 Å². The van der Waals surface area contributed by atoms with Crippen LogP contribution in [-0.4, -0.2) is 42.1 Å². The van der Waals surface area contributed by atoms with Crippen LogP contribution in [0.3, 0.4) is 0 Å². The highest BCUT2D eigenvalue weighted by molar-refractivity contribution is 7.13. The van der Waals surface area contributed by atoms with Gasteiger partial charge in [0.1, 0.15) is 0 Å². The molecule has 0 bridgehead atoms. The molecule has 2 heterocycles. The molecule has 22 heavy (non-hydrogen) atoms. The molecule has 1 aromatic heterocycles. The van der Waals surface area contributed by atoms with E-state index in [0.717, 1.165) is 38.5 Å². The van der Waals surface area contributed by atoms with E-state index in [4.69, 9.17) is 10.5 Å². The molecular formula is C15H18N4O2S. The molecule has 1 fully saturated rings. The number of thiazole rings is 1. The standard InChI is InChI=1S/C15H18N4O2S/c16-12-3-1-2-11(8-12)14(20)18-15-17-13(10-22-15)9-19-4-6-21-7-5-19/h1-3,8,10H,4-7,9,16H2,(H,17,18,20). The summed E-state index contributed by atoms with van der Waals surface area (Å²) in [5.41, 5.74) is 7.76. The number of anilines is 2. The first-order valence-electron chi connectivity index (χ1n) is 7.12. The predicted molar refractivity (Wildman–Crippen MR) is 87.0 cm³/mol. The van der Waals surface area contributed by atoms with Gasteiger partial charge in [0.15, 0.2) is 5.13 Å². The van der Waals surface area contributed by atoms with Crippen molar-refractivity contribution >= 4 is 28.1 Å². The van der Waals surface area contributed by atoms with Gasteiger partial charge in [-0.3, -0.25) is 15.0 Å². The Morgan fingerprint density at radius 1 is 1.41 bits per heavy atom. The third kappa shape index (κ3) is 3.82. The fourth-order valence-corrected chi connectivity index (χ4v) is 2.97. The number of amides is 1. The summed E-state index contributed by atoms with van der Waals surface area (Å²) in [6, 6.07) is 6.89. The Bertz CT molecular complexity index is 652. The highest BCUT2D eigenvalue weighted by atomic mass is 32.1. The number of hydrogen-bond donors (Lipinski definition) is 2. The van der Waals surface area contributed by atoms with Crippen molar-refractivity contribution in [3.8, 4) is 0 Å². The Hall–Kier alpha value is -1.96. The molecule has 0 aliphatic carbocycles. The summed E-state index contributed by atoms with van der Waals surface area (Å²) >= 11 is 1.43. The number of nitrogens with two attached hydrogens (primary N) is 1. The maximum absolute atomic E-state index is 12.1. The molecule has 0 spiro atoms. The normalized spacial score (nSPS) is 15.6. The Morgan fingerprint density at radius 3 is 3.00 bits per heavy atom. The van der Waals surface area contributed by atoms with Crippen LogP contribution in [0.1, 0.15) is 16.1 Å². The van der Waals surface area contributed by atoms with E-state index in [1.54, 1.807) is 24.3 Å². The lowest BCUT2D eigenvalue weighted by Gasteiger charge is -2.25. The largest absolute Gasteiger partial charge is 0.399 e. The zero-order chi connectivity index (χ0) is 15.4. The molecule has 7 heteroatoms. The van der Waals surface area contributed by atoms with E-state index in [2.05, 4.69) is 15.2 Å². The van der Waals surface area contributed by atoms with Crippen molar-refractivity contribution in [3.63, 3.8) is 0 Å². The van der Waals surface area contributed by atoms with Gasteiger partial charge >= 0.3 is 0 Å². The predicted octanol–water partition coefficient (Wildman–Crippen LogP) is 1.81. The number of hydrogen-bond acceptors (Lipinski definition) is 6. The fourth-order valence-electron chi connectivity index (χ4n) is 2.27. The summed E-state index contributed by atoms with van der Waals surface area (Å²) < 4.78 is 5.33. The van der Waals surface area contributed by atoms with Gasteiger partial charge in [-0.1, -0.05) is 6.07 Å². The van der Waals surface area contributed by atoms with Crippen LogP contribution in [0, 0.1) is 0 Å². The summed E-state index contributed by atoms with van der Waals surface area (Å²) in [5, 5.41) is 5.40. The van der Waals surface area contributed by atoms with E-state index in [-0.39, 0.29) is 5.91 Å². The molecule has 1 saturated heterocycles. The number of morpholine rings is 1. The summed E-state index contributed by atoms with van der Waals surface area (Å²) in [5.74, 6) is -0.195. The number of carbonyl (C=O) groups is 1. The maximum atomic E-state index is 12.1. The van der Waals surface area contributed by atoms with Crippen LogP contribution < -0.4 is 11.1 Å². The number of nitrogens with zero attached hydrogens (tertiary/aromatic N) is 2. The van der Waals surface area contributed by atoms with E-state index in [9.17, 15) is 4.79 Å². The minimum atomic E-state index is -0.195. The first-order chi connectivity index (χ1) is 10.7. The minimum absolute atomic E-state index is 0.195. The average molecular weight is 318 g/mol. The first-order valence-corrected chi connectivity index (χ1v) is 8.00. The average Bonchev–Trinajstić information content (AvgIpc) is 2.95. The van der Waals surface area contributed by atoms with E-state index in [0.29, 0.717) is 16.4 Å². The molecular weight excluding hydrogens is 300 g/mol. The Kier molecular flexibility index (Phi) is 4.67. The van der Waals surface area contributed by atoms with Crippen LogP contribution in [0.15, 0.2) is 29.6 Å². The third-order valence-corrected chi connectivity index (χ3v) is 4.22. The molecule has 0 saturated carbocycles. The molecule has 1 aromatic carbocycles. The number of benzene rings is 1. The van der Waals surface area contributed by atoms with Crippen LogP contribution in [0.5, 0.6) is 0 Å². The van der Waals surface area contributed by atoms with Crippen molar-refractivity contribution in [1.82, 2.24) is 9.88 Å². The van der Waals surface area contributed by atoms with Crippen LogP contribution >= 0.6 is 11.3 Å². The molecule has 1 amide bonds. The number of rotatable bonds is 4. The molecule has 0 atom stereocenters. The number of ether oxygens (including phenoxy) is 1. The number of carbonyl (C=O) groups excluding carboxylic acids is 1.